The third kappa shape index (κ3) is 4.94. The van der Waals surface area contributed by atoms with Gasteiger partial charge in [-0.2, -0.15) is 4.31 Å². The zero-order valence-electron chi connectivity index (χ0n) is 20.5. The Kier molecular flexibility index (Phi) is 6.36. The number of benzene rings is 3. The van der Waals surface area contributed by atoms with E-state index in [9.17, 15) is 13.2 Å². The fraction of sp³-hybridized carbons (Fsp3) is 0.321. The van der Waals surface area contributed by atoms with Crippen LogP contribution in [0.3, 0.4) is 0 Å². The van der Waals surface area contributed by atoms with Crippen LogP contribution in [0.15, 0.2) is 59.5 Å². The maximum Gasteiger partial charge on any atom is 0.255 e. The Morgan fingerprint density at radius 1 is 0.892 bits per heavy atom. The molecule has 192 valence electrons. The third-order valence-electron chi connectivity index (χ3n) is 7.10. The van der Waals surface area contributed by atoms with Crippen LogP contribution in [-0.4, -0.2) is 38.3 Å². The molecule has 0 atom stereocenters. The SMILES string of the molecule is O=C(Nc1ccc2c(c1)COC2)c1cc(NCc2ccc3c(c2)CCO3)cc(S(=O)(=O)N2CCCC2)c1. The molecule has 0 aromatic heterocycles. The van der Waals surface area contributed by atoms with E-state index in [-0.39, 0.29) is 16.4 Å². The van der Waals surface area contributed by atoms with Gasteiger partial charge in [-0.3, -0.25) is 4.79 Å². The maximum absolute atomic E-state index is 13.4. The molecule has 1 saturated heterocycles. The highest BCUT2D eigenvalue weighted by Crippen LogP contribution is 2.29. The van der Waals surface area contributed by atoms with Crippen LogP contribution in [0.4, 0.5) is 11.4 Å². The highest BCUT2D eigenvalue weighted by molar-refractivity contribution is 7.89. The van der Waals surface area contributed by atoms with Crippen LogP contribution < -0.4 is 15.4 Å². The van der Waals surface area contributed by atoms with Crippen molar-refractivity contribution in [3.63, 3.8) is 0 Å². The van der Waals surface area contributed by atoms with E-state index in [1.54, 1.807) is 12.1 Å². The van der Waals surface area contributed by atoms with Crippen LogP contribution in [0, 0.1) is 0 Å². The lowest BCUT2D eigenvalue weighted by Crippen LogP contribution is -2.28. The highest BCUT2D eigenvalue weighted by Gasteiger charge is 2.28. The van der Waals surface area contributed by atoms with Gasteiger partial charge < -0.3 is 20.1 Å². The van der Waals surface area contributed by atoms with Crippen LogP contribution in [0.25, 0.3) is 0 Å². The summed E-state index contributed by atoms with van der Waals surface area (Å²) < 4.78 is 39.3. The van der Waals surface area contributed by atoms with Crippen molar-refractivity contribution in [1.82, 2.24) is 4.31 Å². The van der Waals surface area contributed by atoms with Crippen LogP contribution in [-0.2, 0) is 40.9 Å². The summed E-state index contributed by atoms with van der Waals surface area (Å²) in [4.78, 5) is 13.4. The summed E-state index contributed by atoms with van der Waals surface area (Å²) in [6.07, 6.45) is 2.56. The minimum atomic E-state index is -3.71. The smallest absolute Gasteiger partial charge is 0.255 e. The zero-order valence-corrected chi connectivity index (χ0v) is 21.3. The second-order valence-corrected chi connectivity index (χ2v) is 11.6. The quantitative estimate of drug-likeness (QED) is 0.483. The van der Waals surface area contributed by atoms with E-state index in [0.717, 1.165) is 41.7 Å². The molecule has 2 N–H and O–H groups in total. The zero-order chi connectivity index (χ0) is 25.4. The molecule has 0 bridgehead atoms. The molecule has 3 aromatic rings. The summed E-state index contributed by atoms with van der Waals surface area (Å²) in [5, 5.41) is 6.25. The average Bonchev–Trinajstić information content (AvgIpc) is 3.68. The molecule has 0 spiro atoms. The van der Waals surface area contributed by atoms with Gasteiger partial charge in [0, 0.05) is 43.0 Å². The first-order chi connectivity index (χ1) is 18.0. The molecule has 37 heavy (non-hydrogen) atoms. The highest BCUT2D eigenvalue weighted by atomic mass is 32.2. The Balaban J connectivity index is 1.28. The molecule has 0 radical (unpaired) electrons. The lowest BCUT2D eigenvalue weighted by Gasteiger charge is -2.18. The normalized spacial score (nSPS) is 16.8. The fourth-order valence-corrected chi connectivity index (χ4v) is 6.65. The Hall–Kier alpha value is -3.40. The minimum absolute atomic E-state index is 0.120. The molecule has 1 fully saturated rings. The topological polar surface area (TPSA) is 97.0 Å². The first kappa shape index (κ1) is 24.0. The van der Waals surface area contributed by atoms with Crippen LogP contribution in [0.1, 0.15) is 45.5 Å². The number of hydrogen-bond donors (Lipinski definition) is 2. The molecule has 0 unspecified atom stereocenters. The molecule has 3 heterocycles. The van der Waals surface area contributed by atoms with Gasteiger partial charge >= 0.3 is 0 Å². The fourth-order valence-electron chi connectivity index (χ4n) is 5.07. The summed E-state index contributed by atoms with van der Waals surface area (Å²) in [7, 11) is -3.71. The van der Waals surface area contributed by atoms with Crippen LogP contribution in [0.5, 0.6) is 5.75 Å². The number of fused-ring (bicyclic) bond motifs is 2. The number of sulfonamides is 1. The molecular formula is C28H29N3O5S. The molecule has 8 nitrogen and oxygen atoms in total. The molecule has 9 heteroatoms. The number of nitrogens with one attached hydrogen (secondary N) is 2. The maximum atomic E-state index is 13.4. The van der Waals surface area contributed by atoms with Crippen molar-refractivity contribution in [2.45, 2.75) is 43.9 Å². The van der Waals surface area contributed by atoms with Gasteiger partial charge in [0.05, 0.1) is 24.7 Å². The lowest BCUT2D eigenvalue weighted by atomic mass is 10.1. The molecule has 1 amide bonds. The van der Waals surface area contributed by atoms with Gasteiger partial charge in [0.15, 0.2) is 0 Å². The van der Waals surface area contributed by atoms with E-state index in [1.165, 1.54) is 15.9 Å². The van der Waals surface area contributed by atoms with Crippen molar-refractivity contribution >= 4 is 27.3 Å². The largest absolute Gasteiger partial charge is 0.493 e. The van der Waals surface area contributed by atoms with Crippen LogP contribution >= 0.6 is 0 Å². The van der Waals surface area contributed by atoms with Gasteiger partial charge in [-0.05, 0) is 71.5 Å². The molecule has 0 saturated carbocycles. The summed E-state index contributed by atoms with van der Waals surface area (Å²) in [6, 6.07) is 16.5. The lowest BCUT2D eigenvalue weighted by molar-refractivity contribution is 0.102. The number of nitrogens with zero attached hydrogens (tertiary/aromatic N) is 1. The summed E-state index contributed by atoms with van der Waals surface area (Å²) >= 11 is 0. The number of carbonyl (C=O) groups is 1. The average molecular weight is 520 g/mol. The predicted octanol–water partition coefficient (Wildman–Crippen LogP) is 4.30. The summed E-state index contributed by atoms with van der Waals surface area (Å²) in [6.45, 7) is 3.27. The van der Waals surface area contributed by atoms with Gasteiger partial charge in [0.2, 0.25) is 10.0 Å². The minimum Gasteiger partial charge on any atom is -0.493 e. The van der Waals surface area contributed by atoms with Crippen LogP contribution in [0.2, 0.25) is 0 Å². The van der Waals surface area contributed by atoms with Gasteiger partial charge in [0.1, 0.15) is 5.75 Å². The van der Waals surface area contributed by atoms with Crippen molar-refractivity contribution in [2.24, 2.45) is 0 Å². The van der Waals surface area contributed by atoms with Crippen molar-refractivity contribution < 1.29 is 22.7 Å². The predicted molar refractivity (Wildman–Crippen MR) is 140 cm³/mol. The standard InChI is InChI=1S/C28H29N3O5S/c32-28(30-24-5-4-21-17-35-18-23(21)13-24)22-12-25(15-26(14-22)37(33,34)31-8-1-2-9-31)29-16-19-3-6-27-20(11-19)7-10-36-27/h3-6,11-15,29H,1-2,7-10,16-18H2,(H,30,32). The van der Waals surface area contributed by atoms with Crippen molar-refractivity contribution in [1.29, 1.82) is 0 Å². The molecule has 6 rings (SSSR count). The monoisotopic (exact) mass is 519 g/mol. The van der Waals surface area contributed by atoms with Crippen molar-refractivity contribution in [2.75, 3.05) is 30.3 Å². The first-order valence-electron chi connectivity index (χ1n) is 12.6. The second kappa shape index (κ2) is 9.81. The Morgan fingerprint density at radius 3 is 2.59 bits per heavy atom. The van der Waals surface area contributed by atoms with E-state index >= 15 is 0 Å². The van der Waals surface area contributed by atoms with Crippen molar-refractivity contribution in [3.8, 4) is 5.75 Å². The van der Waals surface area contributed by atoms with E-state index < -0.39 is 10.0 Å². The molecular weight excluding hydrogens is 490 g/mol. The molecule has 3 aliphatic heterocycles. The summed E-state index contributed by atoms with van der Waals surface area (Å²) in [5.41, 5.74) is 5.89. The number of amides is 1. The van der Waals surface area contributed by atoms with E-state index in [0.29, 0.717) is 50.8 Å². The number of anilines is 2. The van der Waals surface area contributed by atoms with Gasteiger partial charge in [-0.25, -0.2) is 8.42 Å². The molecule has 3 aliphatic rings. The first-order valence-corrected chi connectivity index (χ1v) is 14.0. The van der Waals surface area contributed by atoms with E-state index in [4.69, 9.17) is 9.47 Å². The van der Waals surface area contributed by atoms with E-state index in [2.05, 4.69) is 16.7 Å². The van der Waals surface area contributed by atoms with Gasteiger partial charge in [0.25, 0.3) is 5.91 Å². The molecule has 3 aromatic carbocycles. The number of carbonyl (C=O) groups excluding carboxylic acids is 1. The Bertz CT molecular complexity index is 1460. The van der Waals surface area contributed by atoms with Crippen molar-refractivity contribution in [3.05, 3.63) is 82.4 Å². The Labute approximate surface area is 216 Å². The van der Waals surface area contributed by atoms with Gasteiger partial charge in [-0.15, -0.1) is 0 Å². The number of rotatable bonds is 7. The number of ether oxygens (including phenoxy) is 2. The second-order valence-electron chi connectivity index (χ2n) is 9.68. The van der Waals surface area contributed by atoms with Gasteiger partial charge in [-0.1, -0.05) is 18.2 Å². The Morgan fingerprint density at radius 2 is 1.73 bits per heavy atom. The third-order valence-corrected chi connectivity index (χ3v) is 8.98. The summed E-state index contributed by atoms with van der Waals surface area (Å²) in [5.74, 6) is 0.551. The number of hydrogen-bond acceptors (Lipinski definition) is 6. The van der Waals surface area contributed by atoms with E-state index in [1.807, 2.05) is 30.3 Å². The molecule has 0 aliphatic carbocycles.